The Bertz CT molecular complexity index is 483. The highest BCUT2D eigenvalue weighted by atomic mass is 16.5. The lowest BCUT2D eigenvalue weighted by molar-refractivity contribution is -0.146. The average Bonchev–Trinajstić information content (AvgIpc) is 3.08. The number of carboxylic acid groups (broad SMARTS) is 1. The van der Waals surface area contributed by atoms with Crippen molar-refractivity contribution in [1.82, 2.24) is 20.8 Å². The Hall–Kier alpha value is -2.00. The van der Waals surface area contributed by atoms with Crippen molar-refractivity contribution in [2.24, 2.45) is 0 Å². The second-order valence-electron chi connectivity index (χ2n) is 4.50. The van der Waals surface area contributed by atoms with Gasteiger partial charge in [-0.05, 0) is 19.4 Å². The fraction of sp³-hybridized carbons (Fsp3) is 0.636. The first-order valence-electron chi connectivity index (χ1n) is 6.34. The zero-order valence-electron chi connectivity index (χ0n) is 10.7. The van der Waals surface area contributed by atoms with E-state index in [9.17, 15) is 9.59 Å². The first-order valence-corrected chi connectivity index (χ1v) is 6.34. The summed E-state index contributed by atoms with van der Waals surface area (Å²) in [5, 5.41) is 26.7. The van der Waals surface area contributed by atoms with Crippen molar-refractivity contribution in [2.45, 2.75) is 31.4 Å². The van der Waals surface area contributed by atoms with E-state index in [1.165, 1.54) is 0 Å². The molecule has 1 aliphatic heterocycles. The Morgan fingerprint density at radius 1 is 1.55 bits per heavy atom. The molecule has 2 rings (SSSR count). The Morgan fingerprint density at radius 2 is 2.35 bits per heavy atom. The van der Waals surface area contributed by atoms with Crippen molar-refractivity contribution in [1.29, 1.82) is 0 Å². The molecule has 0 saturated carbocycles. The maximum absolute atomic E-state index is 11.7. The molecule has 2 heterocycles. The third-order valence-corrected chi connectivity index (χ3v) is 2.99. The van der Waals surface area contributed by atoms with Crippen LogP contribution in [0.1, 0.15) is 41.8 Å². The Labute approximate surface area is 114 Å². The predicted molar refractivity (Wildman–Crippen MR) is 64.9 cm³/mol. The van der Waals surface area contributed by atoms with Crippen LogP contribution in [0.3, 0.4) is 0 Å². The van der Waals surface area contributed by atoms with Gasteiger partial charge in [0.2, 0.25) is 5.89 Å². The molecule has 0 aromatic carbocycles. The molecule has 4 N–H and O–H groups in total. The number of aliphatic carboxylic acids is 1. The monoisotopic (exact) mass is 284 g/mol. The summed E-state index contributed by atoms with van der Waals surface area (Å²) < 4.78 is 5.01. The highest BCUT2D eigenvalue weighted by Gasteiger charge is 2.24. The topological polar surface area (TPSA) is 138 Å². The minimum atomic E-state index is -1.50. The third-order valence-electron chi connectivity index (χ3n) is 2.99. The van der Waals surface area contributed by atoms with Crippen molar-refractivity contribution < 1.29 is 24.3 Å². The van der Waals surface area contributed by atoms with E-state index >= 15 is 0 Å². The second kappa shape index (κ2) is 6.44. The molecule has 1 aromatic heterocycles. The quantitative estimate of drug-likeness (QED) is 0.525. The largest absolute Gasteiger partial charge is 0.479 e. The van der Waals surface area contributed by atoms with E-state index in [2.05, 4.69) is 20.8 Å². The van der Waals surface area contributed by atoms with Gasteiger partial charge in [0.15, 0.2) is 6.10 Å². The SMILES string of the molecule is O=C(NCCC(O)C(=O)O)c1noc(C2CCCN2)n1. The summed E-state index contributed by atoms with van der Waals surface area (Å²) in [7, 11) is 0. The van der Waals surface area contributed by atoms with Gasteiger partial charge in [-0.15, -0.1) is 0 Å². The molecule has 1 amide bonds. The smallest absolute Gasteiger partial charge is 0.332 e. The van der Waals surface area contributed by atoms with Gasteiger partial charge in [0, 0.05) is 13.0 Å². The summed E-state index contributed by atoms with van der Waals surface area (Å²) in [4.78, 5) is 26.1. The normalized spacial score (nSPS) is 19.8. The van der Waals surface area contributed by atoms with Gasteiger partial charge in [0.1, 0.15) is 0 Å². The van der Waals surface area contributed by atoms with E-state index in [0.29, 0.717) is 5.89 Å². The van der Waals surface area contributed by atoms with Gasteiger partial charge in [-0.1, -0.05) is 5.16 Å². The average molecular weight is 284 g/mol. The van der Waals surface area contributed by atoms with Crippen LogP contribution in [-0.2, 0) is 4.79 Å². The highest BCUT2D eigenvalue weighted by Crippen LogP contribution is 2.20. The fourth-order valence-electron chi connectivity index (χ4n) is 1.89. The van der Waals surface area contributed by atoms with Crippen LogP contribution in [0.15, 0.2) is 4.52 Å². The first kappa shape index (κ1) is 14.4. The van der Waals surface area contributed by atoms with Gasteiger partial charge in [0.05, 0.1) is 6.04 Å². The van der Waals surface area contributed by atoms with Crippen molar-refractivity contribution in [2.75, 3.05) is 13.1 Å². The van der Waals surface area contributed by atoms with E-state index in [-0.39, 0.29) is 24.8 Å². The van der Waals surface area contributed by atoms with E-state index < -0.39 is 18.0 Å². The number of amides is 1. The molecule has 1 aromatic rings. The van der Waals surface area contributed by atoms with Gasteiger partial charge in [-0.2, -0.15) is 4.98 Å². The zero-order chi connectivity index (χ0) is 14.5. The van der Waals surface area contributed by atoms with Crippen LogP contribution in [0.2, 0.25) is 0 Å². The molecule has 9 nitrogen and oxygen atoms in total. The van der Waals surface area contributed by atoms with Gasteiger partial charge >= 0.3 is 5.97 Å². The number of aliphatic hydroxyl groups excluding tert-OH is 1. The van der Waals surface area contributed by atoms with Crippen LogP contribution in [-0.4, -0.2) is 51.4 Å². The molecular weight excluding hydrogens is 268 g/mol. The van der Waals surface area contributed by atoms with Crippen LogP contribution in [0.25, 0.3) is 0 Å². The molecule has 0 aliphatic carbocycles. The zero-order valence-corrected chi connectivity index (χ0v) is 10.7. The molecule has 20 heavy (non-hydrogen) atoms. The fourth-order valence-corrected chi connectivity index (χ4v) is 1.89. The summed E-state index contributed by atoms with van der Waals surface area (Å²) in [6.07, 6.45) is 0.310. The Morgan fingerprint density at radius 3 is 3.00 bits per heavy atom. The molecular formula is C11H16N4O5. The summed E-state index contributed by atoms with van der Waals surface area (Å²) in [5.74, 6) is -1.61. The number of aromatic nitrogens is 2. The van der Waals surface area contributed by atoms with E-state index in [0.717, 1.165) is 19.4 Å². The lowest BCUT2D eigenvalue weighted by Crippen LogP contribution is -2.30. The van der Waals surface area contributed by atoms with Crippen molar-refractivity contribution in [3.05, 3.63) is 11.7 Å². The van der Waals surface area contributed by atoms with Crippen molar-refractivity contribution >= 4 is 11.9 Å². The van der Waals surface area contributed by atoms with Gasteiger partial charge in [-0.3, -0.25) is 4.79 Å². The number of rotatable bonds is 6. The van der Waals surface area contributed by atoms with Crippen LogP contribution in [0.5, 0.6) is 0 Å². The summed E-state index contributed by atoms with van der Waals surface area (Å²) in [5.41, 5.74) is 0. The van der Waals surface area contributed by atoms with Crippen LogP contribution in [0.4, 0.5) is 0 Å². The van der Waals surface area contributed by atoms with E-state index in [4.69, 9.17) is 14.7 Å². The maximum atomic E-state index is 11.7. The van der Waals surface area contributed by atoms with Gasteiger partial charge in [0.25, 0.3) is 11.7 Å². The number of carbonyl (C=O) groups is 2. The van der Waals surface area contributed by atoms with Gasteiger partial charge < -0.3 is 25.4 Å². The number of nitrogens with zero attached hydrogens (tertiary/aromatic N) is 2. The lowest BCUT2D eigenvalue weighted by atomic mass is 10.2. The van der Waals surface area contributed by atoms with Crippen LogP contribution in [0, 0.1) is 0 Å². The van der Waals surface area contributed by atoms with E-state index in [1.54, 1.807) is 0 Å². The lowest BCUT2D eigenvalue weighted by Gasteiger charge is -2.05. The van der Waals surface area contributed by atoms with Gasteiger partial charge in [-0.25, -0.2) is 4.79 Å². The number of nitrogens with one attached hydrogen (secondary N) is 2. The van der Waals surface area contributed by atoms with Crippen molar-refractivity contribution in [3.8, 4) is 0 Å². The number of carbonyl (C=O) groups excluding carboxylic acids is 1. The molecule has 1 fully saturated rings. The number of aliphatic hydroxyl groups is 1. The molecule has 2 atom stereocenters. The second-order valence-corrected chi connectivity index (χ2v) is 4.50. The highest BCUT2D eigenvalue weighted by molar-refractivity contribution is 5.90. The molecule has 0 bridgehead atoms. The molecule has 1 aliphatic rings. The molecule has 9 heteroatoms. The Balaban J connectivity index is 1.82. The van der Waals surface area contributed by atoms with E-state index in [1.807, 2.05) is 0 Å². The Kier molecular flexibility index (Phi) is 4.64. The predicted octanol–water partition coefficient (Wildman–Crippen LogP) is -0.940. The third kappa shape index (κ3) is 3.52. The number of hydrogen-bond acceptors (Lipinski definition) is 7. The number of carboxylic acids is 1. The van der Waals surface area contributed by atoms with Crippen molar-refractivity contribution in [3.63, 3.8) is 0 Å². The molecule has 2 unspecified atom stereocenters. The standard InChI is InChI=1S/C11H16N4O5/c16-7(11(18)19)3-5-13-9(17)8-14-10(20-15-8)6-2-1-4-12-6/h6-7,12,16H,1-5H2,(H,13,17)(H,18,19). The number of hydrogen-bond donors (Lipinski definition) is 4. The molecule has 0 spiro atoms. The van der Waals surface area contributed by atoms with Crippen LogP contribution >= 0.6 is 0 Å². The summed E-state index contributed by atoms with van der Waals surface area (Å²) >= 11 is 0. The first-order chi connectivity index (χ1) is 9.58. The van der Waals surface area contributed by atoms with Crippen LogP contribution < -0.4 is 10.6 Å². The molecule has 110 valence electrons. The molecule has 1 saturated heterocycles. The molecule has 0 radical (unpaired) electrons. The maximum Gasteiger partial charge on any atom is 0.332 e. The summed E-state index contributed by atoms with van der Waals surface area (Å²) in [6, 6.07) is -0.0158. The minimum absolute atomic E-state index is 0.0118. The minimum Gasteiger partial charge on any atom is -0.479 e. The summed E-state index contributed by atoms with van der Waals surface area (Å²) in [6.45, 7) is 0.888.